The average Bonchev–Trinajstić information content (AvgIpc) is 3.97. The summed E-state index contributed by atoms with van der Waals surface area (Å²) in [6.07, 6.45) is 0.861. The van der Waals surface area contributed by atoms with Crippen LogP contribution in [0, 0.1) is 0 Å². The summed E-state index contributed by atoms with van der Waals surface area (Å²) >= 11 is 0. The lowest BCUT2D eigenvalue weighted by Gasteiger charge is -2.25. The van der Waals surface area contributed by atoms with E-state index < -0.39 is 0 Å². The predicted molar refractivity (Wildman–Crippen MR) is 289 cm³/mol. The fourth-order valence-corrected chi connectivity index (χ4v) is 12.1. The van der Waals surface area contributed by atoms with E-state index in [-0.39, 0.29) is 16.7 Å². The van der Waals surface area contributed by atoms with Gasteiger partial charge in [-0.25, -0.2) is 0 Å². The number of benzene rings is 10. The van der Waals surface area contributed by atoms with Gasteiger partial charge >= 0.3 is 0 Å². The zero-order valence-electron chi connectivity index (χ0n) is 39.6. The highest BCUT2D eigenvalue weighted by Gasteiger charge is 2.42. The van der Waals surface area contributed by atoms with Gasteiger partial charge in [0.15, 0.2) is 0 Å². The van der Waals surface area contributed by atoms with Crippen LogP contribution in [0.15, 0.2) is 229 Å². The molecule has 1 heterocycles. The van der Waals surface area contributed by atoms with Crippen molar-refractivity contribution in [3.8, 4) is 66.8 Å². The van der Waals surface area contributed by atoms with E-state index in [1.807, 2.05) is 6.07 Å². The SMILES string of the molecule is CC1(C)c2cc(-c3ccccc3C(Cc3ccc(-c4ccccc4)cc3)c3ccc(-c4cccc5c4oc4ccccc45)cc3)ccc2-c2cc3c(cc21)-c1c(-c2ccccc2)cccc1C3(C)C. The second-order valence-corrected chi connectivity index (χ2v) is 20.4. The molecular formula is C68H52O. The molecule has 0 saturated heterocycles. The third kappa shape index (κ3) is 6.59. The maximum Gasteiger partial charge on any atom is 0.143 e. The molecule has 0 amide bonds. The Morgan fingerprint density at radius 2 is 0.913 bits per heavy atom. The summed E-state index contributed by atoms with van der Waals surface area (Å²) < 4.78 is 6.50. The Balaban J connectivity index is 0.904. The van der Waals surface area contributed by atoms with Gasteiger partial charge in [-0.2, -0.15) is 0 Å². The van der Waals surface area contributed by atoms with E-state index in [0.29, 0.717) is 0 Å². The monoisotopic (exact) mass is 884 g/mol. The minimum Gasteiger partial charge on any atom is -0.455 e. The molecule has 0 aliphatic heterocycles. The van der Waals surface area contributed by atoms with Gasteiger partial charge in [0.2, 0.25) is 0 Å². The third-order valence-electron chi connectivity index (χ3n) is 15.8. The largest absolute Gasteiger partial charge is 0.455 e. The van der Waals surface area contributed by atoms with E-state index >= 15 is 0 Å². The molecule has 69 heavy (non-hydrogen) atoms. The van der Waals surface area contributed by atoms with Gasteiger partial charge < -0.3 is 4.42 Å². The van der Waals surface area contributed by atoms with Gasteiger partial charge in [-0.15, -0.1) is 0 Å². The molecule has 0 fully saturated rings. The number of hydrogen-bond acceptors (Lipinski definition) is 1. The standard InChI is InChI=1S/C68H52O/c1-67(2)60-27-16-24-51(46-19-9-6-10-20-46)65(60)59-42-62-58(41-63(59)67)54-38-37-49(40-61(54)68(62,3)4)50-21-11-12-22-53(50)57(39-43-29-31-45(32-30-43)44-17-7-5-8-18-44)48-35-33-47(34-36-48)52-25-15-26-56-55-23-13-14-28-64(55)69-66(52)56/h5-38,40-42,57H,39H2,1-4H3. The summed E-state index contributed by atoms with van der Waals surface area (Å²) in [5, 5.41) is 2.30. The molecular weight excluding hydrogens is 833 g/mol. The molecule has 0 saturated carbocycles. The van der Waals surface area contributed by atoms with Gasteiger partial charge in [0.1, 0.15) is 11.2 Å². The summed E-state index contributed by atoms with van der Waals surface area (Å²) in [6.45, 7) is 9.67. The second-order valence-electron chi connectivity index (χ2n) is 20.4. The zero-order chi connectivity index (χ0) is 46.4. The predicted octanol–water partition coefficient (Wildman–Crippen LogP) is 18.2. The van der Waals surface area contributed by atoms with Crippen molar-refractivity contribution in [3.63, 3.8) is 0 Å². The molecule has 1 unspecified atom stereocenters. The highest BCUT2D eigenvalue weighted by Crippen LogP contribution is 2.58. The average molecular weight is 885 g/mol. The van der Waals surface area contributed by atoms with Crippen molar-refractivity contribution in [1.82, 2.24) is 0 Å². The number of hydrogen-bond donors (Lipinski definition) is 0. The minimum absolute atomic E-state index is 0.0994. The summed E-state index contributed by atoms with van der Waals surface area (Å²) in [5.74, 6) is 0.0994. The summed E-state index contributed by atoms with van der Waals surface area (Å²) in [4.78, 5) is 0. The highest BCUT2D eigenvalue weighted by molar-refractivity contribution is 6.09. The van der Waals surface area contributed by atoms with E-state index in [4.69, 9.17) is 4.42 Å². The Morgan fingerprint density at radius 1 is 0.362 bits per heavy atom. The molecule has 1 atom stereocenters. The summed E-state index contributed by atoms with van der Waals surface area (Å²) in [6, 6.07) is 83.3. The molecule has 1 heteroatoms. The van der Waals surface area contributed by atoms with Gasteiger partial charge in [0, 0.05) is 33.1 Å². The fourth-order valence-electron chi connectivity index (χ4n) is 12.1. The number of furan rings is 1. The van der Waals surface area contributed by atoms with Crippen LogP contribution in [-0.4, -0.2) is 0 Å². The normalized spacial score (nSPS) is 14.3. The van der Waals surface area contributed by atoms with Crippen molar-refractivity contribution in [3.05, 3.63) is 263 Å². The highest BCUT2D eigenvalue weighted by atomic mass is 16.3. The molecule has 1 aromatic heterocycles. The smallest absolute Gasteiger partial charge is 0.143 e. The van der Waals surface area contributed by atoms with Crippen LogP contribution < -0.4 is 0 Å². The quantitative estimate of drug-likeness (QED) is 0.148. The van der Waals surface area contributed by atoms with Crippen molar-refractivity contribution in [2.45, 2.75) is 50.9 Å². The van der Waals surface area contributed by atoms with E-state index in [2.05, 4.69) is 246 Å². The van der Waals surface area contributed by atoms with Crippen LogP contribution in [0.5, 0.6) is 0 Å². The Morgan fingerprint density at radius 3 is 1.71 bits per heavy atom. The van der Waals surface area contributed by atoms with Crippen LogP contribution in [0.4, 0.5) is 0 Å². The molecule has 1 nitrogen and oxygen atoms in total. The van der Waals surface area contributed by atoms with Gasteiger partial charge in [-0.05, 0) is 131 Å². The lowest BCUT2D eigenvalue weighted by molar-refractivity contribution is 0.652. The Bertz CT molecular complexity index is 3770. The molecule has 330 valence electrons. The molecule has 0 radical (unpaired) electrons. The van der Waals surface area contributed by atoms with E-state index in [9.17, 15) is 0 Å². The molecule has 2 aliphatic rings. The van der Waals surface area contributed by atoms with Gasteiger partial charge in [0.25, 0.3) is 0 Å². The van der Waals surface area contributed by atoms with E-state index in [1.165, 1.54) is 94.6 Å². The first kappa shape index (κ1) is 41.2. The Hall–Kier alpha value is -8.00. The zero-order valence-corrected chi connectivity index (χ0v) is 39.6. The van der Waals surface area contributed by atoms with Gasteiger partial charge in [0.05, 0.1) is 0 Å². The van der Waals surface area contributed by atoms with Crippen LogP contribution in [-0.2, 0) is 17.3 Å². The first-order chi connectivity index (χ1) is 33.7. The molecule has 13 rings (SSSR count). The van der Waals surface area contributed by atoms with Gasteiger partial charge in [-0.1, -0.05) is 228 Å². The third-order valence-corrected chi connectivity index (χ3v) is 15.8. The summed E-state index contributed by atoms with van der Waals surface area (Å²) in [7, 11) is 0. The lowest BCUT2D eigenvalue weighted by atomic mass is 9.78. The number of fused-ring (bicyclic) bond motifs is 9. The van der Waals surface area contributed by atoms with Crippen LogP contribution in [0.25, 0.3) is 88.7 Å². The van der Waals surface area contributed by atoms with Crippen LogP contribution in [0.2, 0.25) is 0 Å². The number of rotatable bonds is 8. The molecule has 10 aromatic carbocycles. The van der Waals surface area contributed by atoms with Crippen molar-refractivity contribution in [2.24, 2.45) is 0 Å². The van der Waals surface area contributed by atoms with Crippen LogP contribution >= 0.6 is 0 Å². The molecule has 11 aromatic rings. The topological polar surface area (TPSA) is 13.1 Å². The maximum absolute atomic E-state index is 6.50. The molecule has 0 N–H and O–H groups in total. The maximum atomic E-state index is 6.50. The van der Waals surface area contributed by atoms with Crippen LogP contribution in [0.1, 0.15) is 72.6 Å². The van der Waals surface area contributed by atoms with Gasteiger partial charge in [-0.3, -0.25) is 0 Å². The first-order valence-electron chi connectivity index (χ1n) is 24.5. The molecule has 2 aliphatic carbocycles. The van der Waals surface area contributed by atoms with Crippen molar-refractivity contribution in [1.29, 1.82) is 0 Å². The van der Waals surface area contributed by atoms with Crippen LogP contribution in [0.3, 0.4) is 0 Å². The second kappa shape index (κ2) is 15.8. The van der Waals surface area contributed by atoms with Crippen molar-refractivity contribution < 1.29 is 4.42 Å². The lowest BCUT2D eigenvalue weighted by Crippen LogP contribution is -2.17. The first-order valence-corrected chi connectivity index (χ1v) is 24.5. The molecule has 0 spiro atoms. The number of para-hydroxylation sites is 2. The van der Waals surface area contributed by atoms with E-state index in [1.54, 1.807) is 0 Å². The van der Waals surface area contributed by atoms with Crippen molar-refractivity contribution in [2.75, 3.05) is 0 Å². The fraction of sp³-hybridized carbons (Fsp3) is 0.118. The summed E-state index contributed by atoms with van der Waals surface area (Å²) in [5.41, 5.74) is 26.4. The van der Waals surface area contributed by atoms with Crippen molar-refractivity contribution >= 4 is 21.9 Å². The minimum atomic E-state index is -0.197. The Labute approximate surface area is 405 Å². The molecule has 0 bridgehead atoms. The Kier molecular flexibility index (Phi) is 9.43. The van der Waals surface area contributed by atoms with E-state index in [0.717, 1.165) is 39.5 Å².